The fourth-order valence-electron chi connectivity index (χ4n) is 4.44. The zero-order chi connectivity index (χ0) is 31.1. The molecule has 0 radical (unpaired) electrons. The molecule has 0 spiro atoms. The maximum absolute atomic E-state index is 6.16. The van der Waals surface area contributed by atoms with Gasteiger partial charge < -0.3 is 24.3 Å². The molecular formula is C37H29ClN3O2Pt2-6. The minimum absolute atomic E-state index is 0. The molecule has 237 valence electrons. The number of aromatic nitrogens is 1. The van der Waals surface area contributed by atoms with E-state index in [2.05, 4.69) is 71.6 Å². The standard InChI is InChI=1S/C37H29N3O2.ClH.2Pt/c1-37(2,3)30-20-29(22-35(24-30)41-32-12-6-5-7-13-32)27-16-17-38-36(23-27)28-10-8-14-33(21-28)42-34-15-9-11-31(25-34)40-19-18-39(4)26-40;;;/h5-12,14-15,17-20,23-24,26H,1-4H3;1H;;/q-6;;;+1/p-1. The van der Waals surface area contributed by atoms with Crippen molar-refractivity contribution < 1.29 is 49.3 Å². The van der Waals surface area contributed by atoms with Crippen molar-refractivity contribution in [1.82, 2.24) is 9.88 Å². The monoisotopic (exact) mass is 972 g/mol. The molecule has 5 aromatic rings. The van der Waals surface area contributed by atoms with Gasteiger partial charge in [0, 0.05) is 44.1 Å². The van der Waals surface area contributed by atoms with Gasteiger partial charge in [-0.2, -0.15) is 43.1 Å². The van der Waals surface area contributed by atoms with Crippen molar-refractivity contribution in [1.29, 1.82) is 0 Å². The van der Waals surface area contributed by atoms with Crippen LogP contribution in [0, 0.1) is 37.0 Å². The molecule has 0 saturated heterocycles. The van der Waals surface area contributed by atoms with Crippen molar-refractivity contribution >= 4 is 15.1 Å². The Hall–Kier alpha value is -3.36. The SMILES string of the molecule is CN1C=CN(c2[c-]c(Oc3[c-]c(-c4cc(-c5[c-]c(Oc6[c-]cccc6)cc(C(C)(C)C)c5)[c-]cn4)ccc3)ccc2)[CH-]1.[Cl][Pt].[Pt]. The van der Waals surface area contributed by atoms with Crippen molar-refractivity contribution in [3.8, 4) is 45.4 Å². The Morgan fingerprint density at radius 2 is 1.47 bits per heavy atom. The summed E-state index contributed by atoms with van der Waals surface area (Å²) in [6.07, 6.45) is 5.63. The zero-order valence-electron chi connectivity index (χ0n) is 25.0. The molecule has 2 heterocycles. The molecule has 1 aliphatic heterocycles. The van der Waals surface area contributed by atoms with E-state index >= 15 is 0 Å². The molecule has 0 atom stereocenters. The van der Waals surface area contributed by atoms with Gasteiger partial charge in [0.2, 0.25) is 0 Å². The van der Waals surface area contributed by atoms with Gasteiger partial charge in [-0.25, -0.2) is 12.1 Å². The number of halogens is 1. The topological polar surface area (TPSA) is 37.8 Å². The molecule has 0 unspecified atom stereocenters. The number of anilines is 1. The minimum atomic E-state index is -0.0923. The molecule has 5 nitrogen and oxygen atoms in total. The van der Waals surface area contributed by atoms with E-state index in [0.29, 0.717) is 23.0 Å². The van der Waals surface area contributed by atoms with Gasteiger partial charge in [-0.3, -0.25) is 11.1 Å². The normalized spacial score (nSPS) is 12.2. The molecule has 0 fully saturated rings. The van der Waals surface area contributed by atoms with Crippen LogP contribution >= 0.6 is 9.42 Å². The summed E-state index contributed by atoms with van der Waals surface area (Å²) in [5.74, 6) is 2.44. The van der Waals surface area contributed by atoms with Crippen LogP contribution in [-0.2, 0) is 45.3 Å². The zero-order valence-corrected chi connectivity index (χ0v) is 30.3. The summed E-state index contributed by atoms with van der Waals surface area (Å²) in [7, 11) is 6.59. The predicted molar refractivity (Wildman–Crippen MR) is 171 cm³/mol. The van der Waals surface area contributed by atoms with E-state index in [1.807, 2.05) is 109 Å². The maximum atomic E-state index is 6.16. The van der Waals surface area contributed by atoms with Gasteiger partial charge in [-0.15, -0.1) is 65.3 Å². The second-order valence-corrected chi connectivity index (χ2v) is 11.0. The van der Waals surface area contributed by atoms with Crippen LogP contribution in [0.4, 0.5) is 5.69 Å². The average molecular weight is 973 g/mol. The largest absolute Gasteiger partial charge is 0 e. The molecule has 0 amide bonds. The van der Waals surface area contributed by atoms with Crippen LogP contribution < -0.4 is 14.4 Å². The fraction of sp³-hybridized carbons (Fsp3) is 0.135. The molecule has 0 saturated carbocycles. The molecule has 0 aliphatic carbocycles. The predicted octanol–water partition coefficient (Wildman–Crippen LogP) is 9.33. The van der Waals surface area contributed by atoms with Crippen molar-refractivity contribution in [2.75, 3.05) is 11.9 Å². The minimum Gasteiger partial charge on any atom is 0 e. The van der Waals surface area contributed by atoms with Crippen molar-refractivity contribution in [3.05, 3.63) is 140 Å². The number of pyridine rings is 1. The van der Waals surface area contributed by atoms with Crippen LogP contribution in [0.1, 0.15) is 26.3 Å². The first kappa shape index (κ1) is 34.5. The third kappa shape index (κ3) is 9.10. The number of rotatable bonds is 7. The summed E-state index contributed by atoms with van der Waals surface area (Å²) in [6, 6.07) is 41.8. The van der Waals surface area contributed by atoms with Gasteiger partial charge in [-0.1, -0.05) is 44.8 Å². The van der Waals surface area contributed by atoms with Crippen molar-refractivity contribution in [3.63, 3.8) is 0 Å². The van der Waals surface area contributed by atoms with Gasteiger partial charge in [0.1, 0.15) is 0 Å². The molecule has 0 bridgehead atoms. The molecule has 0 N–H and O–H groups in total. The number of hydrogen-bond donors (Lipinski definition) is 0. The second-order valence-electron chi connectivity index (χ2n) is 11.0. The smallest absolute Gasteiger partial charge is 0 e. The third-order valence-electron chi connectivity index (χ3n) is 6.67. The Bertz CT molecular complexity index is 1740. The summed E-state index contributed by atoms with van der Waals surface area (Å²) in [6.45, 7) is 8.51. The van der Waals surface area contributed by atoms with E-state index in [1.54, 1.807) is 25.0 Å². The Morgan fingerprint density at radius 3 is 2.18 bits per heavy atom. The van der Waals surface area contributed by atoms with Crippen LogP contribution in [0.25, 0.3) is 22.4 Å². The van der Waals surface area contributed by atoms with Gasteiger partial charge in [-0.05, 0) is 24.9 Å². The summed E-state index contributed by atoms with van der Waals surface area (Å²) < 4.78 is 12.3. The Balaban J connectivity index is 0.00000151. The van der Waals surface area contributed by atoms with E-state index < -0.39 is 0 Å². The molecule has 45 heavy (non-hydrogen) atoms. The van der Waals surface area contributed by atoms with Gasteiger partial charge in [0.05, 0.1) is 0 Å². The quantitative estimate of drug-likeness (QED) is 0.152. The first-order valence-electron chi connectivity index (χ1n) is 13.8. The van der Waals surface area contributed by atoms with E-state index in [-0.39, 0.29) is 26.5 Å². The van der Waals surface area contributed by atoms with Gasteiger partial charge in [0.25, 0.3) is 0 Å². The van der Waals surface area contributed by atoms with Crippen LogP contribution in [-0.4, -0.2) is 16.9 Å². The molecule has 1 aromatic heterocycles. The number of para-hydroxylation sites is 1. The van der Waals surface area contributed by atoms with Crippen LogP contribution in [0.2, 0.25) is 0 Å². The number of ether oxygens (including phenoxy) is 2. The Labute approximate surface area is 295 Å². The van der Waals surface area contributed by atoms with Crippen molar-refractivity contribution in [2.24, 2.45) is 0 Å². The number of benzene rings is 4. The molecule has 4 aromatic carbocycles. The fourth-order valence-corrected chi connectivity index (χ4v) is 4.44. The van der Waals surface area contributed by atoms with E-state index in [1.165, 1.54) is 0 Å². The third-order valence-corrected chi connectivity index (χ3v) is 6.67. The molecular weight excluding hydrogens is 944 g/mol. The van der Waals surface area contributed by atoms with Crippen LogP contribution in [0.5, 0.6) is 23.0 Å². The van der Waals surface area contributed by atoms with E-state index in [4.69, 9.17) is 9.47 Å². The first-order chi connectivity index (χ1) is 21.3. The average Bonchev–Trinajstić information content (AvgIpc) is 3.48. The Kier molecular flexibility index (Phi) is 12.1. The van der Waals surface area contributed by atoms with Gasteiger partial charge in [0.15, 0.2) is 0 Å². The molecule has 8 heteroatoms. The second kappa shape index (κ2) is 15.8. The van der Waals surface area contributed by atoms with Gasteiger partial charge >= 0.3 is 28.2 Å². The summed E-state index contributed by atoms with van der Waals surface area (Å²) >= 11 is 1.61. The molecule has 1 aliphatic rings. The summed E-state index contributed by atoms with van der Waals surface area (Å²) in [5, 5.41) is 0. The van der Waals surface area contributed by atoms with E-state index in [9.17, 15) is 0 Å². The first-order valence-corrected chi connectivity index (χ1v) is 16.6. The van der Waals surface area contributed by atoms with Crippen LogP contribution in [0.3, 0.4) is 0 Å². The maximum Gasteiger partial charge on any atom is 0 e. The summed E-state index contributed by atoms with van der Waals surface area (Å²) in [4.78, 5) is 8.56. The molecule has 6 rings (SSSR count). The van der Waals surface area contributed by atoms with Crippen LogP contribution in [0.15, 0.2) is 97.5 Å². The number of hydrogen-bond acceptors (Lipinski definition) is 5. The number of nitrogens with zero attached hydrogens (tertiary/aromatic N) is 3. The Morgan fingerprint density at radius 1 is 0.756 bits per heavy atom. The summed E-state index contributed by atoms with van der Waals surface area (Å²) in [5.41, 5.74) is 5.20. The van der Waals surface area contributed by atoms with Crippen molar-refractivity contribution in [2.45, 2.75) is 26.2 Å². The van der Waals surface area contributed by atoms with E-state index in [0.717, 1.165) is 33.6 Å².